The summed E-state index contributed by atoms with van der Waals surface area (Å²) < 4.78 is 41.1. The van der Waals surface area contributed by atoms with E-state index in [9.17, 15) is 37.3 Å². The van der Waals surface area contributed by atoms with Crippen LogP contribution in [0.4, 0.5) is 5.69 Å². The fraction of sp³-hybridized carbons (Fsp3) is 0.207. The van der Waals surface area contributed by atoms with Crippen LogP contribution in [0, 0.1) is 0 Å². The summed E-state index contributed by atoms with van der Waals surface area (Å²) in [6, 6.07) is 9.28. The highest BCUT2D eigenvalue weighted by atomic mass is 32.2. The molecule has 0 atom stereocenters. The SMILES string of the molecule is CC(=CC=C1Oc2ccc(-n3cccc3)cc2N1CCCS(=O)(=O)O)C=c1sc(=C2SC(=S)N(CC(=O)O)C2=O)n(CC(=O)O)c1=O. The maximum absolute atomic E-state index is 13.3. The van der Waals surface area contributed by atoms with Crippen molar-refractivity contribution in [3.63, 3.8) is 0 Å². The summed E-state index contributed by atoms with van der Waals surface area (Å²) in [6.45, 7) is 0.483. The van der Waals surface area contributed by atoms with Crippen molar-refractivity contribution in [2.75, 3.05) is 23.7 Å². The quantitative estimate of drug-likeness (QED) is 0.192. The second-order valence-electron chi connectivity index (χ2n) is 10.2. The molecule has 3 N–H and O–H groups in total. The van der Waals surface area contributed by atoms with E-state index in [1.165, 1.54) is 6.08 Å². The van der Waals surface area contributed by atoms with Gasteiger partial charge in [-0.15, -0.1) is 11.3 Å². The first-order valence-corrected chi connectivity index (χ1v) is 17.4. The lowest BCUT2D eigenvalue weighted by molar-refractivity contribution is -0.140. The molecule has 3 aromatic rings. The summed E-state index contributed by atoms with van der Waals surface area (Å²) in [7, 11) is -4.18. The van der Waals surface area contributed by atoms with Crippen LogP contribution in [0.2, 0.25) is 0 Å². The standard InChI is InChI=1S/C29H26N4O10S4/c1-17(13-21-26(38)32(15-23(34)35)28(45-21)25-27(39)33(16-24(36)37)29(44)46-25)5-8-22-31(11-4-12-47(40,41)42)19-14-18(6-7-20(19)43-22)30-9-2-3-10-30/h2-3,5-10,13-14H,4,11-12,15-16H2,1H3,(H,34,35)(H,36,37)(H,40,41,42). The number of carboxylic acids is 2. The average molecular weight is 719 g/mol. The number of nitrogens with zero attached hydrogens (tertiary/aromatic N) is 4. The minimum atomic E-state index is -4.18. The molecule has 0 saturated carbocycles. The number of ether oxygens (including phenoxy) is 1. The van der Waals surface area contributed by atoms with E-state index in [1.807, 2.05) is 41.2 Å². The van der Waals surface area contributed by atoms with Gasteiger partial charge < -0.3 is 24.4 Å². The number of thiazole rings is 1. The Morgan fingerprint density at radius 1 is 1.06 bits per heavy atom. The maximum Gasteiger partial charge on any atom is 0.323 e. The number of thioether (sulfide) groups is 1. The third-order valence-corrected chi connectivity index (χ3v) is 10.3. The lowest BCUT2D eigenvalue weighted by atomic mass is 10.2. The zero-order chi connectivity index (χ0) is 34.0. The van der Waals surface area contributed by atoms with Crippen molar-refractivity contribution in [1.29, 1.82) is 0 Å². The van der Waals surface area contributed by atoms with Gasteiger partial charge in [-0.2, -0.15) is 8.42 Å². The number of hydrogen-bond donors (Lipinski definition) is 3. The van der Waals surface area contributed by atoms with E-state index in [4.69, 9.17) is 22.1 Å². The zero-order valence-electron chi connectivity index (χ0n) is 24.4. The number of carboxylic acid groups (broad SMARTS) is 2. The van der Waals surface area contributed by atoms with Crippen LogP contribution in [-0.4, -0.2) is 78.2 Å². The van der Waals surface area contributed by atoms with Crippen molar-refractivity contribution < 1.29 is 42.3 Å². The molecule has 246 valence electrons. The van der Waals surface area contributed by atoms with Gasteiger partial charge >= 0.3 is 11.9 Å². The number of allylic oxidation sites excluding steroid dienone is 3. The van der Waals surface area contributed by atoms with Crippen molar-refractivity contribution >= 4 is 84.3 Å². The molecule has 47 heavy (non-hydrogen) atoms. The second-order valence-corrected chi connectivity index (χ2v) is 14.5. The first kappa shape index (κ1) is 33.9. The van der Waals surface area contributed by atoms with Gasteiger partial charge in [-0.05, 0) is 61.4 Å². The van der Waals surface area contributed by atoms with Crippen LogP contribution in [0.25, 0.3) is 16.7 Å². The van der Waals surface area contributed by atoms with Gasteiger partial charge in [0.1, 0.15) is 27.0 Å². The largest absolute Gasteiger partial charge is 0.480 e. The molecule has 5 rings (SSSR count). The van der Waals surface area contributed by atoms with Gasteiger partial charge in [0.15, 0.2) is 5.75 Å². The van der Waals surface area contributed by atoms with Gasteiger partial charge in [-0.3, -0.25) is 33.2 Å². The molecule has 18 heteroatoms. The third-order valence-electron chi connectivity index (χ3n) is 6.79. The highest BCUT2D eigenvalue weighted by Crippen LogP contribution is 2.40. The Labute approximate surface area is 280 Å². The molecule has 0 aliphatic carbocycles. The zero-order valence-corrected chi connectivity index (χ0v) is 27.7. The lowest BCUT2D eigenvalue weighted by Crippen LogP contribution is -2.36. The van der Waals surface area contributed by atoms with Crippen LogP contribution in [0.5, 0.6) is 5.75 Å². The molecule has 0 unspecified atom stereocenters. The Kier molecular flexibility index (Phi) is 9.87. The van der Waals surface area contributed by atoms with Crippen molar-refractivity contribution in [1.82, 2.24) is 14.0 Å². The van der Waals surface area contributed by atoms with E-state index in [2.05, 4.69) is 0 Å². The van der Waals surface area contributed by atoms with Gasteiger partial charge in [0.25, 0.3) is 21.6 Å². The number of aromatic nitrogens is 2. The number of carbonyl (C=O) groups excluding carboxylic acids is 1. The molecule has 2 aliphatic heterocycles. The normalized spacial score (nSPS) is 17.5. The molecule has 0 radical (unpaired) electrons. The fourth-order valence-electron chi connectivity index (χ4n) is 4.74. The molecular formula is C29H26N4O10S4. The van der Waals surface area contributed by atoms with E-state index in [0.29, 0.717) is 22.9 Å². The smallest absolute Gasteiger partial charge is 0.323 e. The van der Waals surface area contributed by atoms with Crippen molar-refractivity contribution in [2.24, 2.45) is 0 Å². The highest BCUT2D eigenvalue weighted by molar-refractivity contribution is 8.30. The molecule has 4 heterocycles. The fourth-order valence-corrected chi connectivity index (χ4v) is 7.80. The van der Waals surface area contributed by atoms with Gasteiger partial charge in [-0.1, -0.05) is 30.1 Å². The number of hydrogen-bond acceptors (Lipinski definition) is 11. The van der Waals surface area contributed by atoms with E-state index in [1.54, 1.807) is 30.0 Å². The molecular weight excluding hydrogens is 693 g/mol. The number of thiocarbonyl (C=S) groups is 1. The molecule has 2 aromatic heterocycles. The van der Waals surface area contributed by atoms with Crippen molar-refractivity contribution in [2.45, 2.75) is 19.9 Å². The Balaban J connectivity index is 1.52. The molecule has 2 aliphatic rings. The van der Waals surface area contributed by atoms with E-state index < -0.39 is 52.4 Å². The summed E-state index contributed by atoms with van der Waals surface area (Å²) in [5.74, 6) is -2.90. The molecule has 1 saturated heterocycles. The first-order chi connectivity index (χ1) is 22.2. The van der Waals surface area contributed by atoms with Crippen LogP contribution in [0.1, 0.15) is 13.3 Å². The van der Waals surface area contributed by atoms with E-state index in [-0.39, 0.29) is 31.4 Å². The summed E-state index contributed by atoms with van der Waals surface area (Å²) in [5.41, 5.74) is 1.41. The number of aliphatic carboxylic acids is 2. The molecule has 1 fully saturated rings. The number of anilines is 1. The Hall–Kier alpha value is -4.49. The van der Waals surface area contributed by atoms with Crippen LogP contribution in [0.3, 0.4) is 0 Å². The number of rotatable bonds is 11. The maximum atomic E-state index is 13.3. The number of carbonyl (C=O) groups is 3. The van der Waals surface area contributed by atoms with Gasteiger partial charge in [0.2, 0.25) is 5.88 Å². The van der Waals surface area contributed by atoms with Crippen LogP contribution < -0.4 is 24.4 Å². The Morgan fingerprint density at radius 2 is 1.77 bits per heavy atom. The summed E-state index contributed by atoms with van der Waals surface area (Å²) in [5, 5.41) is 18.6. The molecule has 14 nitrogen and oxygen atoms in total. The Morgan fingerprint density at radius 3 is 2.43 bits per heavy atom. The topological polar surface area (TPSA) is 189 Å². The molecule has 1 amide bonds. The molecule has 0 bridgehead atoms. The predicted molar refractivity (Wildman–Crippen MR) is 179 cm³/mol. The monoisotopic (exact) mass is 718 g/mol. The van der Waals surface area contributed by atoms with Gasteiger partial charge in [-0.25, -0.2) is 0 Å². The van der Waals surface area contributed by atoms with Crippen molar-refractivity contribution in [3.8, 4) is 11.4 Å². The van der Waals surface area contributed by atoms with E-state index >= 15 is 0 Å². The average Bonchev–Trinajstić information content (AvgIpc) is 3.76. The number of benzene rings is 1. The first-order valence-electron chi connectivity index (χ1n) is 13.7. The summed E-state index contributed by atoms with van der Waals surface area (Å²) in [4.78, 5) is 51.7. The van der Waals surface area contributed by atoms with Crippen LogP contribution in [-0.2, 0) is 31.0 Å². The second kappa shape index (κ2) is 13.7. The van der Waals surface area contributed by atoms with Crippen LogP contribution in [0.15, 0.2) is 71.1 Å². The minimum absolute atomic E-state index is 0.0254. The number of fused-ring (bicyclic) bond motifs is 1. The van der Waals surface area contributed by atoms with Crippen LogP contribution >= 0.6 is 35.3 Å². The number of amides is 1. The molecule has 1 aromatic carbocycles. The molecule has 0 spiro atoms. The van der Waals surface area contributed by atoms with E-state index in [0.717, 1.165) is 38.3 Å². The lowest BCUT2D eigenvalue weighted by Gasteiger charge is -2.18. The predicted octanol–water partition coefficient (Wildman–Crippen LogP) is 1.58. The summed E-state index contributed by atoms with van der Waals surface area (Å²) in [6.07, 6.45) is 8.64. The Bertz CT molecular complexity index is 2150. The summed E-state index contributed by atoms with van der Waals surface area (Å²) >= 11 is 6.82. The minimum Gasteiger partial charge on any atom is -0.480 e. The van der Waals surface area contributed by atoms with Gasteiger partial charge in [0, 0.05) is 24.6 Å². The highest BCUT2D eigenvalue weighted by Gasteiger charge is 2.35. The van der Waals surface area contributed by atoms with Gasteiger partial charge in [0.05, 0.1) is 16.0 Å². The van der Waals surface area contributed by atoms with Crippen molar-refractivity contribution in [3.05, 3.63) is 85.9 Å². The third kappa shape index (κ3) is 7.74.